The number of rotatable bonds is 2. The molecule has 0 amide bonds. The van der Waals surface area contributed by atoms with Crippen LogP contribution < -0.4 is 0 Å². The van der Waals surface area contributed by atoms with Crippen molar-refractivity contribution in [1.82, 2.24) is 20.2 Å². The molecule has 0 fully saturated rings. The van der Waals surface area contributed by atoms with E-state index in [4.69, 9.17) is 0 Å². The van der Waals surface area contributed by atoms with Crippen LogP contribution >= 0.6 is 0 Å². The molecule has 3 N–H and O–H groups in total. The van der Waals surface area contributed by atoms with Crippen LogP contribution in [0.5, 0.6) is 5.75 Å². The Morgan fingerprint density at radius 1 is 0.905 bits per heavy atom. The van der Waals surface area contributed by atoms with Gasteiger partial charge in [-0.3, -0.25) is 5.10 Å². The van der Waals surface area contributed by atoms with E-state index >= 15 is 0 Å². The summed E-state index contributed by atoms with van der Waals surface area (Å²) in [6.45, 7) is 0. The summed E-state index contributed by atoms with van der Waals surface area (Å²) in [5.41, 5.74) is 4.94. The van der Waals surface area contributed by atoms with Crippen molar-refractivity contribution in [3.8, 4) is 28.0 Å². The summed E-state index contributed by atoms with van der Waals surface area (Å²) in [5, 5.41) is 17.2. The summed E-state index contributed by atoms with van der Waals surface area (Å²) in [4.78, 5) is 7.63. The Balaban J connectivity index is 1.89. The van der Waals surface area contributed by atoms with Gasteiger partial charge in [0.05, 0.1) is 6.20 Å². The highest BCUT2D eigenvalue weighted by Gasteiger charge is 2.09. The molecule has 0 bridgehead atoms. The highest BCUT2D eigenvalue weighted by atomic mass is 16.3. The van der Waals surface area contributed by atoms with Crippen LogP contribution in [0.4, 0.5) is 0 Å². The molecule has 0 unspecified atom stereocenters. The highest BCUT2D eigenvalue weighted by Crippen LogP contribution is 2.30. The molecule has 3 heterocycles. The summed E-state index contributed by atoms with van der Waals surface area (Å²) in [5.74, 6) is 0.258. The third kappa shape index (κ3) is 1.95. The molecular formula is C16H12N4O. The number of pyridine rings is 1. The highest BCUT2D eigenvalue weighted by molar-refractivity contribution is 5.95. The molecule has 0 aliphatic carbocycles. The van der Waals surface area contributed by atoms with Gasteiger partial charge in [-0.15, -0.1) is 0 Å². The monoisotopic (exact) mass is 276 g/mol. The number of phenolic OH excluding ortho intramolecular Hbond substituents is 1. The predicted molar refractivity (Wildman–Crippen MR) is 80.8 cm³/mol. The Bertz CT molecular complexity index is 892. The standard InChI is InChI=1S/C16H12N4O/c21-13-3-1-10(2-4-13)11-5-14-15(12-7-19-20-8-12)9-18-16(14)17-6-11/h1-9,21H,(H,17,18)(H,19,20). The van der Waals surface area contributed by atoms with Crippen LogP contribution in [0.25, 0.3) is 33.3 Å². The van der Waals surface area contributed by atoms with Gasteiger partial charge in [0.2, 0.25) is 0 Å². The molecule has 4 rings (SSSR count). The third-order valence-electron chi connectivity index (χ3n) is 3.54. The first-order valence-electron chi connectivity index (χ1n) is 6.57. The van der Waals surface area contributed by atoms with Crippen molar-refractivity contribution >= 4 is 11.0 Å². The first-order valence-corrected chi connectivity index (χ1v) is 6.57. The number of hydrogen-bond donors (Lipinski definition) is 3. The lowest BCUT2D eigenvalue weighted by Gasteiger charge is -2.02. The summed E-state index contributed by atoms with van der Waals surface area (Å²) >= 11 is 0. The van der Waals surface area contributed by atoms with Gasteiger partial charge in [-0.1, -0.05) is 12.1 Å². The van der Waals surface area contributed by atoms with Gasteiger partial charge in [0, 0.05) is 40.7 Å². The second-order valence-corrected chi connectivity index (χ2v) is 4.86. The molecule has 102 valence electrons. The lowest BCUT2D eigenvalue weighted by Crippen LogP contribution is -1.82. The predicted octanol–water partition coefficient (Wildman–Crippen LogP) is 3.33. The molecule has 3 aromatic heterocycles. The number of phenols is 1. The van der Waals surface area contributed by atoms with E-state index in [0.717, 1.165) is 33.3 Å². The fourth-order valence-electron chi connectivity index (χ4n) is 2.45. The summed E-state index contributed by atoms with van der Waals surface area (Å²) in [6, 6.07) is 9.19. The molecule has 0 spiro atoms. The number of nitrogens with one attached hydrogen (secondary N) is 2. The zero-order chi connectivity index (χ0) is 14.2. The Morgan fingerprint density at radius 3 is 2.52 bits per heavy atom. The van der Waals surface area contributed by atoms with E-state index in [-0.39, 0.29) is 5.75 Å². The fraction of sp³-hybridized carbons (Fsp3) is 0. The molecule has 0 radical (unpaired) electrons. The van der Waals surface area contributed by atoms with E-state index in [1.165, 1.54) is 0 Å². The van der Waals surface area contributed by atoms with Gasteiger partial charge in [-0.25, -0.2) is 4.98 Å². The maximum absolute atomic E-state index is 9.38. The van der Waals surface area contributed by atoms with E-state index in [2.05, 4.69) is 26.2 Å². The van der Waals surface area contributed by atoms with Gasteiger partial charge in [0.1, 0.15) is 11.4 Å². The van der Waals surface area contributed by atoms with E-state index < -0.39 is 0 Å². The van der Waals surface area contributed by atoms with Crippen LogP contribution in [0.15, 0.2) is 55.1 Å². The summed E-state index contributed by atoms with van der Waals surface area (Å²) in [6.07, 6.45) is 7.40. The molecule has 0 saturated heterocycles. The SMILES string of the molecule is Oc1ccc(-c2cnc3[nH]cc(-c4cn[nH]c4)c3c2)cc1. The van der Waals surface area contributed by atoms with Gasteiger partial charge in [-0.05, 0) is 23.8 Å². The second kappa shape index (κ2) is 4.49. The topological polar surface area (TPSA) is 77.6 Å². The quantitative estimate of drug-likeness (QED) is 0.525. The van der Waals surface area contributed by atoms with E-state index in [9.17, 15) is 5.11 Å². The average Bonchev–Trinajstić information content (AvgIpc) is 3.16. The van der Waals surface area contributed by atoms with Gasteiger partial charge in [0.25, 0.3) is 0 Å². The summed E-state index contributed by atoms with van der Waals surface area (Å²) in [7, 11) is 0. The van der Waals surface area contributed by atoms with Gasteiger partial charge < -0.3 is 10.1 Å². The van der Waals surface area contributed by atoms with Crippen LogP contribution in [0, 0.1) is 0 Å². The van der Waals surface area contributed by atoms with E-state index in [0.29, 0.717) is 0 Å². The Labute approximate surface area is 120 Å². The van der Waals surface area contributed by atoms with Crippen molar-refractivity contribution in [2.24, 2.45) is 0 Å². The molecule has 0 atom stereocenters. The van der Waals surface area contributed by atoms with Crippen LogP contribution in [0.2, 0.25) is 0 Å². The van der Waals surface area contributed by atoms with Crippen LogP contribution in [0.3, 0.4) is 0 Å². The largest absolute Gasteiger partial charge is 0.508 e. The number of aromatic hydroxyl groups is 1. The smallest absolute Gasteiger partial charge is 0.137 e. The maximum Gasteiger partial charge on any atom is 0.137 e. The molecule has 1 aromatic carbocycles. The van der Waals surface area contributed by atoms with Crippen molar-refractivity contribution < 1.29 is 5.11 Å². The molecule has 0 saturated carbocycles. The van der Waals surface area contributed by atoms with Crippen LogP contribution in [0.1, 0.15) is 0 Å². The van der Waals surface area contributed by atoms with Gasteiger partial charge in [0.15, 0.2) is 0 Å². The first-order chi connectivity index (χ1) is 10.3. The number of H-pyrrole nitrogens is 2. The minimum Gasteiger partial charge on any atom is -0.508 e. The van der Waals surface area contributed by atoms with Crippen molar-refractivity contribution in [1.29, 1.82) is 0 Å². The minimum atomic E-state index is 0.258. The molecule has 21 heavy (non-hydrogen) atoms. The number of hydrogen-bond acceptors (Lipinski definition) is 3. The fourth-order valence-corrected chi connectivity index (χ4v) is 2.45. The molecule has 0 aliphatic rings. The molecule has 0 aliphatic heterocycles. The molecule has 4 aromatic rings. The van der Waals surface area contributed by atoms with E-state index in [1.54, 1.807) is 18.3 Å². The Morgan fingerprint density at radius 2 is 1.76 bits per heavy atom. The Kier molecular flexibility index (Phi) is 2.50. The van der Waals surface area contributed by atoms with Gasteiger partial charge >= 0.3 is 0 Å². The molecule has 5 nitrogen and oxygen atoms in total. The number of nitrogens with zero attached hydrogens (tertiary/aromatic N) is 2. The van der Waals surface area contributed by atoms with Gasteiger partial charge in [-0.2, -0.15) is 5.10 Å². The number of fused-ring (bicyclic) bond motifs is 1. The van der Waals surface area contributed by atoms with Crippen LogP contribution in [-0.2, 0) is 0 Å². The second-order valence-electron chi connectivity index (χ2n) is 4.86. The zero-order valence-corrected chi connectivity index (χ0v) is 11.0. The third-order valence-corrected chi connectivity index (χ3v) is 3.54. The molecular weight excluding hydrogens is 264 g/mol. The normalized spacial score (nSPS) is 11.0. The summed E-state index contributed by atoms with van der Waals surface area (Å²) < 4.78 is 0. The first kappa shape index (κ1) is 11.7. The van der Waals surface area contributed by atoms with Crippen molar-refractivity contribution in [2.45, 2.75) is 0 Å². The lowest BCUT2D eigenvalue weighted by molar-refractivity contribution is 0.475. The average molecular weight is 276 g/mol. The van der Waals surface area contributed by atoms with E-state index in [1.807, 2.05) is 30.7 Å². The minimum absolute atomic E-state index is 0.258. The number of benzene rings is 1. The number of aromatic amines is 2. The van der Waals surface area contributed by atoms with Crippen molar-refractivity contribution in [3.63, 3.8) is 0 Å². The van der Waals surface area contributed by atoms with Crippen molar-refractivity contribution in [3.05, 3.63) is 55.1 Å². The van der Waals surface area contributed by atoms with Crippen LogP contribution in [-0.4, -0.2) is 25.3 Å². The molecule has 5 heteroatoms. The number of aromatic nitrogens is 4. The zero-order valence-electron chi connectivity index (χ0n) is 11.0. The van der Waals surface area contributed by atoms with Crippen molar-refractivity contribution in [2.75, 3.05) is 0 Å². The Hall–Kier alpha value is -3.08. The lowest BCUT2D eigenvalue weighted by atomic mass is 10.0. The maximum atomic E-state index is 9.38.